The van der Waals surface area contributed by atoms with Crippen LogP contribution in [-0.2, 0) is 6.54 Å². The molecule has 0 saturated carbocycles. The maximum atomic E-state index is 4.40. The van der Waals surface area contributed by atoms with E-state index in [1.54, 1.807) is 0 Å². The first-order valence-electron chi connectivity index (χ1n) is 6.54. The molecule has 104 valence electrons. The van der Waals surface area contributed by atoms with Crippen LogP contribution in [0.25, 0.3) is 5.65 Å². The molecule has 3 heterocycles. The van der Waals surface area contributed by atoms with E-state index in [1.807, 2.05) is 41.3 Å². The van der Waals surface area contributed by atoms with Gasteiger partial charge in [0.15, 0.2) is 5.65 Å². The van der Waals surface area contributed by atoms with Crippen molar-refractivity contribution in [3.8, 4) is 0 Å². The Hall–Kier alpha value is -1.82. The molecule has 0 spiro atoms. The zero-order valence-electron chi connectivity index (χ0n) is 11.4. The Balaban J connectivity index is 1.84. The fraction of sp³-hybridized carbons (Fsp3) is 0.286. The van der Waals surface area contributed by atoms with Crippen molar-refractivity contribution in [2.24, 2.45) is 0 Å². The first kappa shape index (κ1) is 13.2. The zero-order valence-corrected chi connectivity index (χ0v) is 13.0. The number of anilines is 1. The van der Waals surface area contributed by atoms with Crippen LogP contribution in [0, 0.1) is 0 Å². The molecule has 0 aromatic carbocycles. The molecule has 0 amide bonds. The summed E-state index contributed by atoms with van der Waals surface area (Å²) in [4.78, 5) is 8.80. The molecule has 0 aliphatic rings. The van der Waals surface area contributed by atoms with E-state index < -0.39 is 0 Å². The number of imidazole rings is 2. The monoisotopic (exact) mass is 333 g/mol. The number of hydrogen-bond donors (Lipinski definition) is 1. The first-order chi connectivity index (χ1) is 9.66. The Morgan fingerprint density at radius 3 is 2.95 bits per heavy atom. The normalized spacial score (nSPS) is 11.4. The van der Waals surface area contributed by atoms with E-state index in [2.05, 4.69) is 49.6 Å². The molecule has 3 aromatic rings. The molecule has 5 nitrogen and oxygen atoms in total. The summed E-state index contributed by atoms with van der Waals surface area (Å²) in [5.74, 6) is 1.98. The number of nitrogens with zero attached hydrogens (tertiary/aromatic N) is 4. The van der Waals surface area contributed by atoms with Gasteiger partial charge in [0, 0.05) is 24.6 Å². The fourth-order valence-corrected chi connectivity index (χ4v) is 2.67. The van der Waals surface area contributed by atoms with Crippen LogP contribution in [0.15, 0.2) is 41.4 Å². The Kier molecular flexibility index (Phi) is 3.48. The average Bonchev–Trinajstić information content (AvgIpc) is 3.03. The van der Waals surface area contributed by atoms with Gasteiger partial charge in [-0.05, 0) is 41.9 Å². The van der Waals surface area contributed by atoms with Crippen molar-refractivity contribution in [1.29, 1.82) is 0 Å². The molecule has 0 saturated heterocycles. The Morgan fingerprint density at radius 2 is 2.15 bits per heavy atom. The van der Waals surface area contributed by atoms with Gasteiger partial charge in [-0.1, -0.05) is 0 Å². The summed E-state index contributed by atoms with van der Waals surface area (Å²) in [6.45, 7) is 4.97. The second-order valence-electron chi connectivity index (χ2n) is 4.89. The number of nitrogens with one attached hydrogen (secondary N) is 1. The Morgan fingerprint density at radius 1 is 1.30 bits per heavy atom. The van der Waals surface area contributed by atoms with E-state index in [-0.39, 0.29) is 0 Å². The van der Waals surface area contributed by atoms with Crippen molar-refractivity contribution < 1.29 is 0 Å². The largest absolute Gasteiger partial charge is 0.363 e. The van der Waals surface area contributed by atoms with Crippen LogP contribution < -0.4 is 5.32 Å². The minimum absolute atomic E-state index is 0.408. The molecular formula is C14H16BrN5. The van der Waals surface area contributed by atoms with Gasteiger partial charge >= 0.3 is 0 Å². The van der Waals surface area contributed by atoms with E-state index in [0.29, 0.717) is 12.6 Å². The quantitative estimate of drug-likeness (QED) is 0.795. The van der Waals surface area contributed by atoms with E-state index in [0.717, 1.165) is 21.8 Å². The fourth-order valence-electron chi connectivity index (χ4n) is 2.23. The average molecular weight is 334 g/mol. The Bertz CT molecular complexity index is 728. The van der Waals surface area contributed by atoms with Crippen molar-refractivity contribution in [1.82, 2.24) is 18.9 Å². The summed E-state index contributed by atoms with van der Waals surface area (Å²) in [6.07, 6.45) is 7.67. The summed E-state index contributed by atoms with van der Waals surface area (Å²) >= 11 is 3.50. The molecular weight excluding hydrogens is 318 g/mol. The molecule has 3 rings (SSSR count). The minimum atomic E-state index is 0.408. The van der Waals surface area contributed by atoms with Gasteiger partial charge in [-0.25, -0.2) is 9.97 Å². The van der Waals surface area contributed by atoms with Gasteiger partial charge in [-0.2, -0.15) is 0 Å². The highest BCUT2D eigenvalue weighted by molar-refractivity contribution is 9.10. The number of pyridine rings is 1. The Labute approximate surface area is 125 Å². The van der Waals surface area contributed by atoms with E-state index in [9.17, 15) is 0 Å². The third-order valence-corrected chi connectivity index (χ3v) is 3.84. The summed E-state index contributed by atoms with van der Waals surface area (Å²) in [5.41, 5.74) is 0.905. The third kappa shape index (κ3) is 2.31. The molecule has 0 fully saturated rings. The van der Waals surface area contributed by atoms with E-state index in [1.165, 1.54) is 0 Å². The first-order valence-corrected chi connectivity index (χ1v) is 7.33. The summed E-state index contributed by atoms with van der Waals surface area (Å²) in [5, 5.41) is 3.39. The molecule has 0 aliphatic heterocycles. The number of halogens is 1. The summed E-state index contributed by atoms with van der Waals surface area (Å²) in [6, 6.07) is 4.38. The van der Waals surface area contributed by atoms with E-state index >= 15 is 0 Å². The lowest BCUT2D eigenvalue weighted by molar-refractivity contribution is 0.572. The van der Waals surface area contributed by atoms with Crippen LogP contribution >= 0.6 is 15.9 Å². The number of rotatable bonds is 4. The third-order valence-electron chi connectivity index (χ3n) is 3.22. The van der Waals surface area contributed by atoms with Gasteiger partial charge in [0.05, 0.1) is 17.2 Å². The van der Waals surface area contributed by atoms with Crippen molar-refractivity contribution in [3.63, 3.8) is 0 Å². The van der Waals surface area contributed by atoms with Crippen LogP contribution in [0.2, 0.25) is 0 Å². The highest BCUT2D eigenvalue weighted by Crippen LogP contribution is 2.20. The van der Waals surface area contributed by atoms with Gasteiger partial charge in [-0.3, -0.25) is 4.40 Å². The van der Waals surface area contributed by atoms with Gasteiger partial charge in [-0.15, -0.1) is 0 Å². The maximum Gasteiger partial charge on any atom is 0.152 e. The van der Waals surface area contributed by atoms with Gasteiger partial charge in [0.1, 0.15) is 11.6 Å². The van der Waals surface area contributed by atoms with Gasteiger partial charge in [0.2, 0.25) is 0 Å². The molecule has 0 atom stereocenters. The minimum Gasteiger partial charge on any atom is -0.363 e. The van der Waals surface area contributed by atoms with Crippen LogP contribution in [-0.4, -0.2) is 18.9 Å². The second-order valence-corrected chi connectivity index (χ2v) is 5.75. The predicted molar refractivity (Wildman–Crippen MR) is 82.8 cm³/mol. The molecule has 0 radical (unpaired) electrons. The smallest absolute Gasteiger partial charge is 0.152 e. The van der Waals surface area contributed by atoms with Crippen molar-refractivity contribution in [3.05, 3.63) is 47.2 Å². The lowest BCUT2D eigenvalue weighted by atomic mass is 10.4. The lowest BCUT2D eigenvalue weighted by Gasteiger charge is -2.12. The predicted octanol–water partition coefficient (Wildman–Crippen LogP) is 3.49. The lowest BCUT2D eigenvalue weighted by Crippen LogP contribution is -2.10. The molecule has 20 heavy (non-hydrogen) atoms. The van der Waals surface area contributed by atoms with Crippen LogP contribution in [0.4, 0.5) is 5.82 Å². The topological polar surface area (TPSA) is 47.2 Å². The molecule has 3 aromatic heterocycles. The molecule has 1 N–H and O–H groups in total. The summed E-state index contributed by atoms with van der Waals surface area (Å²) in [7, 11) is 0. The van der Waals surface area contributed by atoms with Crippen molar-refractivity contribution in [2.45, 2.75) is 26.4 Å². The van der Waals surface area contributed by atoms with Crippen LogP contribution in [0.5, 0.6) is 0 Å². The molecule has 0 aliphatic carbocycles. The summed E-state index contributed by atoms with van der Waals surface area (Å²) < 4.78 is 5.16. The highest BCUT2D eigenvalue weighted by Gasteiger charge is 2.08. The number of aromatic nitrogens is 4. The van der Waals surface area contributed by atoms with Gasteiger partial charge < -0.3 is 9.88 Å². The van der Waals surface area contributed by atoms with Crippen molar-refractivity contribution >= 4 is 27.4 Å². The standard InChI is InChI=1S/C14H16BrN5/c1-10(2)19-7-5-16-12(19)8-17-13-9-18-14-11(15)4-3-6-20(13)14/h3-7,9-10,17H,8H2,1-2H3. The molecule has 6 heteroatoms. The maximum absolute atomic E-state index is 4.40. The molecule has 0 bridgehead atoms. The van der Waals surface area contributed by atoms with Gasteiger partial charge in [0.25, 0.3) is 0 Å². The van der Waals surface area contributed by atoms with Crippen molar-refractivity contribution in [2.75, 3.05) is 5.32 Å². The number of hydrogen-bond acceptors (Lipinski definition) is 3. The molecule has 0 unspecified atom stereocenters. The van der Waals surface area contributed by atoms with E-state index in [4.69, 9.17) is 0 Å². The van der Waals surface area contributed by atoms with Crippen LogP contribution in [0.1, 0.15) is 25.7 Å². The second kappa shape index (κ2) is 5.28. The van der Waals surface area contributed by atoms with Crippen LogP contribution in [0.3, 0.4) is 0 Å². The SMILES string of the molecule is CC(C)n1ccnc1CNc1cnc2c(Br)cccn12. The zero-order chi connectivity index (χ0) is 14.1. The highest BCUT2D eigenvalue weighted by atomic mass is 79.9. The number of fused-ring (bicyclic) bond motifs is 1.